The van der Waals surface area contributed by atoms with E-state index in [9.17, 15) is 5.26 Å². The van der Waals surface area contributed by atoms with Crippen molar-refractivity contribution < 1.29 is 4.74 Å². The Labute approximate surface area is 242 Å². The lowest BCUT2D eigenvalue weighted by molar-refractivity contribution is 0.0705. The summed E-state index contributed by atoms with van der Waals surface area (Å²) in [6, 6.07) is 21.9. The third kappa shape index (κ3) is 3.83. The SMILES string of the molecule is CC1C=CC2=C(C1)O[C@H]1CC[C@@H](c3ccc(-c4ccccn4)c(C#N)c3N3c4ccccc4C4C=CC=CC43)CC21. The van der Waals surface area contributed by atoms with Crippen LogP contribution in [-0.4, -0.2) is 17.1 Å². The lowest BCUT2D eigenvalue weighted by Gasteiger charge is -2.37. The van der Waals surface area contributed by atoms with Crippen molar-refractivity contribution in [2.75, 3.05) is 4.90 Å². The van der Waals surface area contributed by atoms with Gasteiger partial charge in [-0.15, -0.1) is 0 Å². The van der Waals surface area contributed by atoms with Crippen molar-refractivity contribution in [3.8, 4) is 17.3 Å². The molecule has 3 heterocycles. The Kier molecular flexibility index (Phi) is 5.74. The maximum atomic E-state index is 10.8. The molecule has 3 aliphatic carbocycles. The summed E-state index contributed by atoms with van der Waals surface area (Å²) >= 11 is 0. The highest BCUT2D eigenvalue weighted by molar-refractivity contribution is 5.86. The zero-order valence-corrected chi connectivity index (χ0v) is 23.3. The smallest absolute Gasteiger partial charge is 0.105 e. The van der Waals surface area contributed by atoms with Gasteiger partial charge in [0.15, 0.2) is 0 Å². The third-order valence-electron chi connectivity index (χ3n) is 9.82. The fourth-order valence-electron chi connectivity index (χ4n) is 7.96. The maximum absolute atomic E-state index is 10.8. The van der Waals surface area contributed by atoms with E-state index in [4.69, 9.17) is 4.74 Å². The van der Waals surface area contributed by atoms with Gasteiger partial charge in [0.1, 0.15) is 17.9 Å². The van der Waals surface area contributed by atoms with E-state index in [1.807, 2.05) is 24.4 Å². The second-order valence-corrected chi connectivity index (χ2v) is 12.2. The molecule has 2 aromatic carbocycles. The van der Waals surface area contributed by atoms with Crippen LogP contribution in [-0.2, 0) is 4.74 Å². The molecule has 5 aliphatic rings. The van der Waals surface area contributed by atoms with Gasteiger partial charge in [0.2, 0.25) is 0 Å². The number of pyridine rings is 1. The summed E-state index contributed by atoms with van der Waals surface area (Å²) in [5.74, 6) is 2.77. The van der Waals surface area contributed by atoms with E-state index in [1.165, 1.54) is 28.1 Å². The molecule has 0 amide bonds. The summed E-state index contributed by atoms with van der Waals surface area (Å²) in [6.07, 6.45) is 19.8. The number of nitriles is 1. The predicted octanol–water partition coefficient (Wildman–Crippen LogP) is 8.48. The first-order chi connectivity index (χ1) is 20.2. The molecular weight excluding hydrogens is 502 g/mol. The quantitative estimate of drug-likeness (QED) is 0.337. The highest BCUT2D eigenvalue weighted by Crippen LogP contribution is 2.55. The van der Waals surface area contributed by atoms with Gasteiger partial charge in [0, 0.05) is 35.7 Å². The van der Waals surface area contributed by atoms with Crippen molar-refractivity contribution in [1.82, 2.24) is 4.98 Å². The minimum absolute atomic E-state index is 0.130. The van der Waals surface area contributed by atoms with Crippen LogP contribution in [0.5, 0.6) is 0 Å². The minimum Gasteiger partial charge on any atom is -0.494 e. The zero-order valence-electron chi connectivity index (χ0n) is 23.3. The van der Waals surface area contributed by atoms with Crippen LogP contribution in [0.15, 0.2) is 109 Å². The molecule has 0 bridgehead atoms. The summed E-state index contributed by atoms with van der Waals surface area (Å²) in [4.78, 5) is 7.13. The van der Waals surface area contributed by atoms with Gasteiger partial charge in [-0.05, 0) is 66.0 Å². The minimum atomic E-state index is 0.130. The van der Waals surface area contributed by atoms with Crippen molar-refractivity contribution in [3.05, 3.63) is 125 Å². The number of hydrogen-bond donors (Lipinski definition) is 0. The molecule has 2 aliphatic heterocycles. The van der Waals surface area contributed by atoms with E-state index in [1.54, 1.807) is 0 Å². The number of allylic oxidation sites excluding steroid dienone is 5. The maximum Gasteiger partial charge on any atom is 0.105 e. The molecule has 202 valence electrons. The molecule has 6 atom stereocenters. The highest BCUT2D eigenvalue weighted by Gasteiger charge is 2.44. The van der Waals surface area contributed by atoms with Gasteiger partial charge in [0.25, 0.3) is 0 Å². The van der Waals surface area contributed by atoms with Gasteiger partial charge in [-0.3, -0.25) is 4.98 Å². The topological polar surface area (TPSA) is 49.1 Å². The molecular formula is C37H33N3O. The Hall–Kier alpha value is -4.36. The van der Waals surface area contributed by atoms with Crippen LogP contribution in [0.3, 0.4) is 0 Å². The molecule has 4 unspecified atom stereocenters. The van der Waals surface area contributed by atoms with Crippen molar-refractivity contribution in [2.24, 2.45) is 11.8 Å². The fourth-order valence-corrected chi connectivity index (χ4v) is 7.96. The lowest BCUT2D eigenvalue weighted by Crippen LogP contribution is -2.32. The number of benzene rings is 2. The Bertz CT molecular complexity index is 1690. The molecule has 1 saturated carbocycles. The van der Waals surface area contributed by atoms with E-state index in [0.717, 1.165) is 48.2 Å². The molecule has 0 spiro atoms. The summed E-state index contributed by atoms with van der Waals surface area (Å²) in [5, 5.41) is 10.8. The van der Waals surface area contributed by atoms with Gasteiger partial charge >= 0.3 is 0 Å². The number of anilines is 2. The highest BCUT2D eigenvalue weighted by atomic mass is 16.5. The average Bonchev–Trinajstić information content (AvgIpc) is 3.55. The van der Waals surface area contributed by atoms with E-state index in [0.29, 0.717) is 17.8 Å². The Balaban J connectivity index is 1.29. The number of fused-ring (bicyclic) bond motifs is 5. The van der Waals surface area contributed by atoms with Gasteiger partial charge in [-0.25, -0.2) is 0 Å². The van der Waals surface area contributed by atoms with E-state index in [2.05, 4.69) is 95.7 Å². The Morgan fingerprint density at radius 2 is 1.83 bits per heavy atom. The number of para-hydroxylation sites is 1. The molecule has 41 heavy (non-hydrogen) atoms. The number of ether oxygens (including phenoxy) is 1. The Morgan fingerprint density at radius 1 is 0.951 bits per heavy atom. The summed E-state index contributed by atoms with van der Waals surface area (Å²) in [5.41, 5.74) is 8.72. The molecule has 1 aromatic heterocycles. The number of hydrogen-bond acceptors (Lipinski definition) is 4. The summed E-state index contributed by atoms with van der Waals surface area (Å²) < 4.78 is 6.53. The first-order valence-electron chi connectivity index (χ1n) is 15.0. The lowest BCUT2D eigenvalue weighted by atomic mass is 9.72. The molecule has 0 radical (unpaired) electrons. The van der Waals surface area contributed by atoms with Crippen LogP contribution >= 0.6 is 0 Å². The van der Waals surface area contributed by atoms with Crippen LogP contribution in [0.4, 0.5) is 11.4 Å². The van der Waals surface area contributed by atoms with Crippen molar-refractivity contribution in [2.45, 2.75) is 56.6 Å². The largest absolute Gasteiger partial charge is 0.494 e. The second-order valence-electron chi connectivity index (χ2n) is 12.2. The fraction of sp³-hybridized carbons (Fsp3) is 0.297. The average molecular weight is 536 g/mol. The van der Waals surface area contributed by atoms with Crippen LogP contribution in [0.25, 0.3) is 11.3 Å². The van der Waals surface area contributed by atoms with Crippen molar-refractivity contribution >= 4 is 11.4 Å². The third-order valence-corrected chi connectivity index (χ3v) is 9.82. The van der Waals surface area contributed by atoms with Crippen LogP contribution < -0.4 is 4.90 Å². The molecule has 0 saturated heterocycles. The molecule has 1 fully saturated rings. The summed E-state index contributed by atoms with van der Waals surface area (Å²) in [6.45, 7) is 2.27. The van der Waals surface area contributed by atoms with E-state index >= 15 is 0 Å². The molecule has 0 N–H and O–H groups in total. The second kappa shape index (κ2) is 9.63. The predicted molar refractivity (Wildman–Crippen MR) is 163 cm³/mol. The molecule has 4 heteroatoms. The van der Waals surface area contributed by atoms with Gasteiger partial charge in [0.05, 0.1) is 23.0 Å². The van der Waals surface area contributed by atoms with Crippen molar-refractivity contribution in [1.29, 1.82) is 5.26 Å². The van der Waals surface area contributed by atoms with Gasteiger partial charge in [-0.1, -0.05) is 79.8 Å². The standard InChI is InChI=1S/C37H33N3O/c1-23-13-15-29-30-21-24(14-18-35(30)41-36(29)20-23)25-16-17-26(32-10-6-7-19-39-32)31(22-38)37(25)40-33-11-4-2-8-27(33)28-9-3-5-12-34(28)40/h2-13,15-17,19,23-24,27,30,33,35H,14,18,20-21H2,1H3/t23?,24-,27?,30?,33?,35+/m1/s1. The monoisotopic (exact) mass is 535 g/mol. The first-order valence-corrected chi connectivity index (χ1v) is 15.0. The molecule has 4 nitrogen and oxygen atoms in total. The Morgan fingerprint density at radius 3 is 2.71 bits per heavy atom. The van der Waals surface area contributed by atoms with Crippen LogP contribution in [0, 0.1) is 23.2 Å². The number of rotatable bonds is 3. The molecule has 3 aromatic rings. The van der Waals surface area contributed by atoms with Crippen LogP contribution in [0.1, 0.15) is 61.1 Å². The summed E-state index contributed by atoms with van der Waals surface area (Å²) in [7, 11) is 0. The van der Waals surface area contributed by atoms with E-state index in [-0.39, 0.29) is 18.1 Å². The van der Waals surface area contributed by atoms with Crippen molar-refractivity contribution in [3.63, 3.8) is 0 Å². The molecule has 8 rings (SSSR count). The first kappa shape index (κ1) is 24.4. The normalized spacial score (nSPS) is 28.9. The van der Waals surface area contributed by atoms with Gasteiger partial charge < -0.3 is 9.64 Å². The van der Waals surface area contributed by atoms with E-state index < -0.39 is 0 Å². The number of nitrogens with zero attached hydrogens (tertiary/aromatic N) is 3. The van der Waals surface area contributed by atoms with Crippen LogP contribution in [0.2, 0.25) is 0 Å². The van der Waals surface area contributed by atoms with Gasteiger partial charge in [-0.2, -0.15) is 5.26 Å². The zero-order chi connectivity index (χ0) is 27.5. The number of aromatic nitrogens is 1.